The number of likely N-dealkylation sites (N-methyl/N-ethyl adjacent to an activating group) is 1. The molecule has 0 spiro atoms. The van der Waals surface area contributed by atoms with Gasteiger partial charge in [0, 0.05) is 37.8 Å². The summed E-state index contributed by atoms with van der Waals surface area (Å²) in [7, 11) is 1.66. The molecule has 3 aromatic rings. The number of fused-ring (bicyclic) bond motifs is 3. The SMILES string of the molecule is CN1CC(O)(c2ccccc2)Cn2nc3c(c2C1=O)CN(C(O)Nc1ccc(F)c(C#N)c1)CC3. The van der Waals surface area contributed by atoms with Crippen LogP contribution < -0.4 is 5.32 Å². The zero-order chi connectivity index (χ0) is 24.7. The first-order chi connectivity index (χ1) is 16.8. The fraction of sp³-hybridized carbons (Fsp3) is 0.320. The fourth-order valence-electron chi connectivity index (χ4n) is 4.82. The molecule has 0 aliphatic carbocycles. The van der Waals surface area contributed by atoms with Gasteiger partial charge in [-0.25, -0.2) is 4.39 Å². The first kappa shape index (κ1) is 23.0. The van der Waals surface area contributed by atoms with Crippen molar-refractivity contribution in [3.05, 3.63) is 82.4 Å². The molecule has 0 saturated heterocycles. The number of amides is 1. The van der Waals surface area contributed by atoms with E-state index in [9.17, 15) is 19.4 Å². The number of carbonyl (C=O) groups is 1. The van der Waals surface area contributed by atoms with Gasteiger partial charge >= 0.3 is 0 Å². The number of benzene rings is 2. The van der Waals surface area contributed by atoms with Crippen molar-refractivity contribution >= 4 is 11.6 Å². The minimum atomic E-state index is -1.30. The van der Waals surface area contributed by atoms with E-state index in [0.717, 1.165) is 5.69 Å². The number of halogens is 1. The molecule has 2 aliphatic rings. The van der Waals surface area contributed by atoms with Crippen LogP contribution in [0.1, 0.15) is 32.9 Å². The summed E-state index contributed by atoms with van der Waals surface area (Å²) in [4.78, 5) is 16.6. The van der Waals surface area contributed by atoms with Crippen LogP contribution in [0.3, 0.4) is 0 Å². The molecule has 5 rings (SSSR count). The number of aliphatic hydroxyl groups excluding tert-OH is 1. The zero-order valence-electron chi connectivity index (χ0n) is 19.1. The van der Waals surface area contributed by atoms with Crippen molar-refractivity contribution in [1.82, 2.24) is 19.6 Å². The zero-order valence-corrected chi connectivity index (χ0v) is 19.1. The van der Waals surface area contributed by atoms with Crippen LogP contribution in [-0.2, 0) is 25.1 Å². The standard InChI is InChI=1S/C25H25FN6O3/c1-30-14-25(35,17-5-3-2-4-6-17)15-32-22(23(30)33)19-13-31(10-9-21(19)29-32)24(34)28-18-7-8-20(26)16(11-18)12-27/h2-8,11,24,28,34-35H,9-10,13-15H2,1H3. The predicted octanol–water partition coefficient (Wildman–Crippen LogP) is 1.61. The van der Waals surface area contributed by atoms with Gasteiger partial charge in [0.1, 0.15) is 23.2 Å². The molecular weight excluding hydrogens is 451 g/mol. The maximum Gasteiger partial charge on any atom is 0.272 e. The highest BCUT2D eigenvalue weighted by atomic mass is 19.1. The number of nitriles is 1. The lowest BCUT2D eigenvalue weighted by Crippen LogP contribution is -2.44. The van der Waals surface area contributed by atoms with E-state index in [1.54, 1.807) is 22.7 Å². The highest BCUT2D eigenvalue weighted by Gasteiger charge is 2.41. The Morgan fingerprint density at radius 1 is 1.23 bits per heavy atom. The van der Waals surface area contributed by atoms with Gasteiger partial charge in [0.2, 0.25) is 0 Å². The minimum absolute atomic E-state index is 0.119. The fourth-order valence-corrected chi connectivity index (χ4v) is 4.82. The number of nitrogens with zero attached hydrogens (tertiary/aromatic N) is 5. The van der Waals surface area contributed by atoms with Crippen LogP contribution in [0.2, 0.25) is 0 Å². The normalized spacial score (nSPS) is 21.0. The lowest BCUT2D eigenvalue weighted by atomic mass is 9.93. The second kappa shape index (κ2) is 8.78. The van der Waals surface area contributed by atoms with E-state index in [1.165, 1.54) is 23.1 Å². The molecule has 2 aromatic carbocycles. The number of rotatable bonds is 4. The van der Waals surface area contributed by atoms with Crippen molar-refractivity contribution in [3.63, 3.8) is 0 Å². The Balaban J connectivity index is 1.42. The summed E-state index contributed by atoms with van der Waals surface area (Å²) >= 11 is 0. The lowest BCUT2D eigenvalue weighted by molar-refractivity contribution is -0.00326. The Labute approximate surface area is 201 Å². The topological polar surface area (TPSA) is 118 Å². The average molecular weight is 477 g/mol. The molecule has 0 bridgehead atoms. The molecule has 0 saturated carbocycles. The predicted molar refractivity (Wildman–Crippen MR) is 124 cm³/mol. The number of anilines is 1. The molecular formula is C25H25FN6O3. The first-order valence-corrected chi connectivity index (χ1v) is 11.3. The minimum Gasteiger partial charge on any atom is -0.381 e. The molecule has 0 fully saturated rings. The van der Waals surface area contributed by atoms with Gasteiger partial charge in [0.05, 0.1) is 24.3 Å². The van der Waals surface area contributed by atoms with Gasteiger partial charge < -0.3 is 20.4 Å². The molecule has 9 nitrogen and oxygen atoms in total. The number of hydrogen-bond donors (Lipinski definition) is 3. The Bertz CT molecular complexity index is 1320. The highest BCUT2D eigenvalue weighted by molar-refractivity contribution is 5.94. The lowest BCUT2D eigenvalue weighted by Gasteiger charge is -2.32. The van der Waals surface area contributed by atoms with Crippen LogP contribution in [0.15, 0.2) is 48.5 Å². The number of β-amino-alcohol motifs (C(OH)–C–C–N with tert-alkyl or cyclic N) is 1. The van der Waals surface area contributed by atoms with Gasteiger partial charge in [-0.2, -0.15) is 10.4 Å². The summed E-state index contributed by atoms with van der Waals surface area (Å²) in [5.74, 6) is -0.872. The number of carbonyl (C=O) groups excluding carboxylic acids is 1. The molecule has 2 aliphatic heterocycles. The van der Waals surface area contributed by atoms with Crippen molar-refractivity contribution in [3.8, 4) is 6.07 Å². The van der Waals surface area contributed by atoms with Crippen molar-refractivity contribution in [2.75, 3.05) is 25.5 Å². The number of nitrogens with one attached hydrogen (secondary N) is 1. The third kappa shape index (κ3) is 4.14. The van der Waals surface area contributed by atoms with Gasteiger partial charge in [-0.15, -0.1) is 0 Å². The number of hydrogen-bond acceptors (Lipinski definition) is 7. The quantitative estimate of drug-likeness (QED) is 0.490. The van der Waals surface area contributed by atoms with Crippen LogP contribution in [0, 0.1) is 17.1 Å². The monoisotopic (exact) mass is 476 g/mol. The van der Waals surface area contributed by atoms with Crippen molar-refractivity contribution in [1.29, 1.82) is 5.26 Å². The Hall–Kier alpha value is -3.78. The first-order valence-electron chi connectivity index (χ1n) is 11.3. The second-order valence-electron chi connectivity index (χ2n) is 9.04. The largest absolute Gasteiger partial charge is 0.381 e. The maximum absolute atomic E-state index is 13.6. The van der Waals surface area contributed by atoms with Crippen LogP contribution in [-0.4, -0.2) is 62.2 Å². The Morgan fingerprint density at radius 3 is 2.74 bits per heavy atom. The van der Waals surface area contributed by atoms with Crippen molar-refractivity contribution in [2.45, 2.75) is 31.5 Å². The van der Waals surface area contributed by atoms with E-state index in [2.05, 4.69) is 10.4 Å². The second-order valence-corrected chi connectivity index (χ2v) is 9.04. The van der Waals surface area contributed by atoms with E-state index < -0.39 is 17.8 Å². The molecule has 3 heterocycles. The third-order valence-electron chi connectivity index (χ3n) is 6.63. The summed E-state index contributed by atoms with van der Waals surface area (Å²) in [6, 6.07) is 15.0. The summed E-state index contributed by atoms with van der Waals surface area (Å²) < 4.78 is 15.2. The van der Waals surface area contributed by atoms with Crippen LogP contribution in [0.25, 0.3) is 0 Å². The van der Waals surface area contributed by atoms with E-state index in [-0.39, 0.29) is 31.1 Å². The molecule has 0 radical (unpaired) electrons. The molecule has 1 amide bonds. The van der Waals surface area contributed by atoms with E-state index in [1.807, 2.05) is 30.3 Å². The van der Waals surface area contributed by atoms with E-state index in [0.29, 0.717) is 35.5 Å². The molecule has 2 atom stereocenters. The van der Waals surface area contributed by atoms with Crippen LogP contribution in [0.4, 0.5) is 10.1 Å². The van der Waals surface area contributed by atoms with Gasteiger partial charge in [-0.3, -0.25) is 14.4 Å². The van der Waals surface area contributed by atoms with E-state index >= 15 is 0 Å². The van der Waals surface area contributed by atoms with Crippen LogP contribution >= 0.6 is 0 Å². The highest BCUT2D eigenvalue weighted by Crippen LogP contribution is 2.32. The Morgan fingerprint density at radius 2 is 2.00 bits per heavy atom. The summed E-state index contributed by atoms with van der Waals surface area (Å²) in [6.45, 7) is 0.974. The molecule has 2 unspecified atom stereocenters. The molecule has 10 heteroatoms. The molecule has 1 aromatic heterocycles. The number of aliphatic hydroxyl groups is 2. The smallest absolute Gasteiger partial charge is 0.272 e. The summed E-state index contributed by atoms with van der Waals surface area (Å²) in [5.41, 5.74) is 1.56. The third-order valence-corrected chi connectivity index (χ3v) is 6.63. The van der Waals surface area contributed by atoms with Gasteiger partial charge in [-0.05, 0) is 23.8 Å². The van der Waals surface area contributed by atoms with Gasteiger partial charge in [0.25, 0.3) is 5.91 Å². The van der Waals surface area contributed by atoms with Crippen molar-refractivity contribution in [2.24, 2.45) is 0 Å². The Kier molecular flexibility index (Phi) is 5.76. The van der Waals surface area contributed by atoms with E-state index in [4.69, 9.17) is 5.26 Å². The summed E-state index contributed by atoms with van der Waals surface area (Å²) in [5, 5.41) is 38.9. The number of aromatic nitrogens is 2. The molecule has 35 heavy (non-hydrogen) atoms. The van der Waals surface area contributed by atoms with Crippen molar-refractivity contribution < 1.29 is 19.4 Å². The van der Waals surface area contributed by atoms with Crippen LogP contribution in [0.5, 0.6) is 0 Å². The maximum atomic E-state index is 13.6. The molecule has 3 N–H and O–H groups in total. The average Bonchev–Trinajstić information content (AvgIpc) is 3.17. The van der Waals surface area contributed by atoms with Gasteiger partial charge in [-0.1, -0.05) is 30.3 Å². The molecule has 180 valence electrons. The summed E-state index contributed by atoms with van der Waals surface area (Å²) in [6.07, 6.45) is -0.627. The van der Waals surface area contributed by atoms with Gasteiger partial charge in [0.15, 0.2) is 6.35 Å².